The number of carbonyl (C=O) groups is 1. The lowest BCUT2D eigenvalue weighted by atomic mass is 10.0. The lowest BCUT2D eigenvalue weighted by molar-refractivity contribution is -0.141. The van der Waals surface area contributed by atoms with Crippen molar-refractivity contribution in [1.82, 2.24) is 0 Å². The summed E-state index contributed by atoms with van der Waals surface area (Å²) in [6.45, 7) is 8.38. The summed E-state index contributed by atoms with van der Waals surface area (Å²) >= 11 is 0. The Morgan fingerprint density at radius 1 is 1.05 bits per heavy atom. The van der Waals surface area contributed by atoms with Gasteiger partial charge in [-0.05, 0) is 52.4 Å². The molecule has 1 unspecified atom stereocenters. The molecule has 1 atom stereocenters. The molecular weight excluding hydrogens is 248 g/mol. The zero-order valence-corrected chi connectivity index (χ0v) is 13.7. The summed E-state index contributed by atoms with van der Waals surface area (Å²) in [7, 11) is 0. The predicted octanol–water partition coefficient (Wildman–Crippen LogP) is 5.74. The third-order valence-corrected chi connectivity index (χ3v) is 3.71. The number of carboxylic acid groups (broad SMARTS) is 1. The Bertz CT molecular complexity index is 326. The summed E-state index contributed by atoms with van der Waals surface area (Å²) in [4.78, 5) is 10.7. The summed E-state index contributed by atoms with van der Waals surface area (Å²) in [6, 6.07) is 0. The van der Waals surface area contributed by atoms with Crippen molar-refractivity contribution in [2.24, 2.45) is 5.92 Å². The van der Waals surface area contributed by atoms with Gasteiger partial charge in [0.1, 0.15) is 0 Å². The molecule has 0 aliphatic heterocycles. The normalized spacial score (nSPS) is 14.4. The first-order valence-corrected chi connectivity index (χ1v) is 8.01. The molecule has 0 aromatic rings. The molecule has 116 valence electrons. The first-order valence-electron chi connectivity index (χ1n) is 8.01. The summed E-state index contributed by atoms with van der Waals surface area (Å²) in [5.41, 5.74) is 2.88. The number of hydrogen-bond donors (Lipinski definition) is 1. The maximum Gasteiger partial charge on any atom is 0.306 e. The number of rotatable bonds is 11. The number of unbranched alkanes of at least 4 members (excludes halogenated alkanes) is 2. The monoisotopic (exact) mass is 280 g/mol. The number of aliphatic carboxylic acids is 1. The maximum absolute atomic E-state index is 10.7. The second-order valence-corrected chi connectivity index (χ2v) is 5.91. The molecule has 0 saturated heterocycles. The van der Waals surface area contributed by atoms with Crippen LogP contribution in [-0.4, -0.2) is 11.1 Å². The molecule has 2 nitrogen and oxygen atoms in total. The minimum Gasteiger partial charge on any atom is -0.481 e. The fourth-order valence-corrected chi connectivity index (χ4v) is 2.11. The van der Waals surface area contributed by atoms with E-state index in [2.05, 4.69) is 32.9 Å². The minimum atomic E-state index is -0.681. The van der Waals surface area contributed by atoms with Crippen molar-refractivity contribution in [1.29, 1.82) is 0 Å². The Labute approximate surface area is 125 Å². The summed E-state index contributed by atoms with van der Waals surface area (Å²) in [5, 5.41) is 8.82. The third kappa shape index (κ3) is 10.8. The van der Waals surface area contributed by atoms with Crippen LogP contribution in [0.4, 0.5) is 0 Å². The molecule has 0 fully saturated rings. The molecule has 0 rings (SSSR count). The number of hydrogen-bond acceptors (Lipinski definition) is 1. The van der Waals surface area contributed by atoms with Crippen LogP contribution in [0.25, 0.3) is 0 Å². The van der Waals surface area contributed by atoms with E-state index in [4.69, 9.17) is 5.11 Å². The lowest BCUT2D eigenvalue weighted by Crippen LogP contribution is -2.08. The molecule has 0 heterocycles. The van der Waals surface area contributed by atoms with Gasteiger partial charge >= 0.3 is 5.97 Å². The van der Waals surface area contributed by atoms with Crippen LogP contribution in [0.5, 0.6) is 0 Å². The van der Waals surface area contributed by atoms with E-state index in [-0.39, 0.29) is 5.92 Å². The van der Waals surface area contributed by atoms with Crippen LogP contribution < -0.4 is 0 Å². The second-order valence-electron chi connectivity index (χ2n) is 5.91. The van der Waals surface area contributed by atoms with E-state index >= 15 is 0 Å². The molecule has 0 spiro atoms. The van der Waals surface area contributed by atoms with Crippen molar-refractivity contribution >= 4 is 5.97 Å². The molecule has 20 heavy (non-hydrogen) atoms. The highest BCUT2D eigenvalue weighted by molar-refractivity contribution is 5.69. The zero-order valence-electron chi connectivity index (χ0n) is 13.7. The summed E-state index contributed by atoms with van der Waals surface area (Å²) in [6.07, 6.45) is 13.4. The zero-order chi connectivity index (χ0) is 15.4. The molecule has 0 aliphatic carbocycles. The average molecular weight is 280 g/mol. The first-order chi connectivity index (χ1) is 9.47. The fraction of sp³-hybridized carbons (Fsp3) is 0.722. The van der Waals surface area contributed by atoms with Crippen molar-refractivity contribution in [3.8, 4) is 0 Å². The van der Waals surface area contributed by atoms with Gasteiger partial charge in [-0.25, -0.2) is 0 Å². The Balaban J connectivity index is 3.80. The Morgan fingerprint density at radius 3 is 2.25 bits per heavy atom. The molecule has 0 aromatic heterocycles. The van der Waals surface area contributed by atoms with E-state index in [0.717, 1.165) is 32.1 Å². The summed E-state index contributed by atoms with van der Waals surface area (Å²) in [5.74, 6) is -0.897. The van der Waals surface area contributed by atoms with Gasteiger partial charge in [0.15, 0.2) is 0 Å². The SMILES string of the molecule is CCCCC=C(C)CCC=C(C)CCCC(C)C(=O)O. The molecule has 0 radical (unpaired) electrons. The topological polar surface area (TPSA) is 37.3 Å². The number of carboxylic acids is 1. The van der Waals surface area contributed by atoms with Gasteiger partial charge in [0.2, 0.25) is 0 Å². The van der Waals surface area contributed by atoms with Crippen LogP contribution in [0.3, 0.4) is 0 Å². The first kappa shape index (κ1) is 18.9. The fourth-order valence-electron chi connectivity index (χ4n) is 2.11. The largest absolute Gasteiger partial charge is 0.481 e. The highest BCUT2D eigenvalue weighted by Crippen LogP contribution is 2.15. The van der Waals surface area contributed by atoms with Crippen LogP contribution in [0, 0.1) is 5.92 Å². The lowest BCUT2D eigenvalue weighted by Gasteiger charge is -2.06. The molecule has 1 N–H and O–H groups in total. The summed E-state index contributed by atoms with van der Waals surface area (Å²) < 4.78 is 0. The molecule has 0 amide bonds. The van der Waals surface area contributed by atoms with Crippen molar-refractivity contribution in [3.05, 3.63) is 23.3 Å². The van der Waals surface area contributed by atoms with E-state index < -0.39 is 5.97 Å². The van der Waals surface area contributed by atoms with E-state index in [1.165, 1.54) is 30.4 Å². The Morgan fingerprint density at radius 2 is 1.65 bits per heavy atom. The van der Waals surface area contributed by atoms with Crippen LogP contribution in [0.2, 0.25) is 0 Å². The molecule has 0 aromatic carbocycles. The van der Waals surface area contributed by atoms with Gasteiger partial charge in [-0.1, -0.05) is 50.0 Å². The standard InChI is InChI=1S/C18H32O2/c1-5-6-7-10-15(2)11-8-12-16(3)13-9-14-17(4)18(19)20/h10,12,17H,5-9,11,13-14H2,1-4H3,(H,19,20). The molecule has 0 saturated carbocycles. The Hall–Kier alpha value is -1.05. The van der Waals surface area contributed by atoms with Gasteiger partial charge < -0.3 is 5.11 Å². The van der Waals surface area contributed by atoms with Crippen molar-refractivity contribution < 1.29 is 9.90 Å². The van der Waals surface area contributed by atoms with Crippen LogP contribution >= 0.6 is 0 Å². The van der Waals surface area contributed by atoms with Crippen LogP contribution in [-0.2, 0) is 4.79 Å². The van der Waals surface area contributed by atoms with Crippen LogP contribution in [0.15, 0.2) is 23.3 Å². The molecule has 2 heteroatoms. The second kappa shape index (κ2) is 11.7. The average Bonchev–Trinajstić information content (AvgIpc) is 2.38. The van der Waals surface area contributed by atoms with E-state index in [1.54, 1.807) is 6.92 Å². The van der Waals surface area contributed by atoms with Gasteiger partial charge in [-0.2, -0.15) is 0 Å². The van der Waals surface area contributed by atoms with Gasteiger partial charge in [0.25, 0.3) is 0 Å². The van der Waals surface area contributed by atoms with E-state index in [9.17, 15) is 4.79 Å². The van der Waals surface area contributed by atoms with E-state index in [0.29, 0.717) is 0 Å². The molecule has 0 aliphatic rings. The van der Waals surface area contributed by atoms with E-state index in [1.807, 2.05) is 0 Å². The highest BCUT2D eigenvalue weighted by Gasteiger charge is 2.09. The molecule has 0 bridgehead atoms. The Kier molecular flexibility index (Phi) is 11.1. The van der Waals surface area contributed by atoms with Crippen LogP contribution in [0.1, 0.15) is 79.1 Å². The highest BCUT2D eigenvalue weighted by atomic mass is 16.4. The predicted molar refractivity (Wildman–Crippen MR) is 86.9 cm³/mol. The van der Waals surface area contributed by atoms with Gasteiger partial charge in [-0.3, -0.25) is 4.79 Å². The smallest absolute Gasteiger partial charge is 0.306 e. The number of allylic oxidation sites excluding steroid dienone is 4. The quantitative estimate of drug-likeness (QED) is 0.387. The minimum absolute atomic E-state index is 0.216. The third-order valence-electron chi connectivity index (χ3n) is 3.71. The van der Waals surface area contributed by atoms with Gasteiger partial charge in [0.05, 0.1) is 5.92 Å². The molecular formula is C18H32O2. The van der Waals surface area contributed by atoms with Gasteiger partial charge in [0, 0.05) is 0 Å². The van der Waals surface area contributed by atoms with Crippen molar-refractivity contribution in [2.45, 2.75) is 79.1 Å². The van der Waals surface area contributed by atoms with Crippen molar-refractivity contribution in [2.75, 3.05) is 0 Å². The van der Waals surface area contributed by atoms with Gasteiger partial charge in [-0.15, -0.1) is 0 Å². The maximum atomic E-state index is 10.7. The van der Waals surface area contributed by atoms with Crippen molar-refractivity contribution in [3.63, 3.8) is 0 Å².